The van der Waals surface area contributed by atoms with Crippen molar-refractivity contribution < 1.29 is 4.74 Å². The molecule has 108 valence electrons. The van der Waals surface area contributed by atoms with Crippen LogP contribution >= 0.6 is 0 Å². The molecule has 0 saturated heterocycles. The van der Waals surface area contributed by atoms with Gasteiger partial charge in [0.25, 0.3) is 0 Å². The summed E-state index contributed by atoms with van der Waals surface area (Å²) in [6.07, 6.45) is 2.05. The number of hydrogen-bond acceptors (Lipinski definition) is 3. The number of hydrogen-bond donors (Lipinski definition) is 1. The quantitative estimate of drug-likeness (QED) is 0.871. The van der Waals surface area contributed by atoms with Crippen LogP contribution in [0.1, 0.15) is 26.5 Å². The second-order valence-corrected chi connectivity index (χ2v) is 5.52. The van der Waals surface area contributed by atoms with Crippen LogP contribution in [0.3, 0.4) is 0 Å². The van der Waals surface area contributed by atoms with Crippen LogP contribution in [-0.2, 0) is 11.3 Å². The first kappa shape index (κ1) is 14.6. The standard InChI is InChI=1S/C16H23N3O/c1-5-20-16(3,4)12-19-11-13(2)17-15(19)18-14-9-7-6-8-10-14/h6-11H,5,12H2,1-4H3,(H,17,18). The topological polar surface area (TPSA) is 39.1 Å². The summed E-state index contributed by atoms with van der Waals surface area (Å²) >= 11 is 0. The maximum Gasteiger partial charge on any atom is 0.207 e. The Morgan fingerprint density at radius 3 is 2.60 bits per heavy atom. The van der Waals surface area contributed by atoms with E-state index in [1.807, 2.05) is 50.4 Å². The van der Waals surface area contributed by atoms with Gasteiger partial charge in [0, 0.05) is 18.5 Å². The molecule has 4 nitrogen and oxygen atoms in total. The van der Waals surface area contributed by atoms with Crippen molar-refractivity contribution in [1.29, 1.82) is 0 Å². The van der Waals surface area contributed by atoms with E-state index in [2.05, 4.69) is 28.7 Å². The highest BCUT2D eigenvalue weighted by Gasteiger charge is 2.20. The van der Waals surface area contributed by atoms with Gasteiger partial charge in [-0.15, -0.1) is 0 Å². The van der Waals surface area contributed by atoms with E-state index < -0.39 is 0 Å². The van der Waals surface area contributed by atoms with Crippen molar-refractivity contribution in [1.82, 2.24) is 9.55 Å². The van der Waals surface area contributed by atoms with Gasteiger partial charge >= 0.3 is 0 Å². The molecule has 0 saturated carbocycles. The average molecular weight is 273 g/mol. The molecule has 1 heterocycles. The van der Waals surface area contributed by atoms with E-state index in [1.165, 1.54) is 0 Å². The molecule has 0 fully saturated rings. The Kier molecular flexibility index (Phi) is 4.45. The van der Waals surface area contributed by atoms with Gasteiger partial charge in [0.15, 0.2) is 0 Å². The zero-order chi connectivity index (χ0) is 14.6. The van der Waals surface area contributed by atoms with Gasteiger partial charge in [-0.2, -0.15) is 0 Å². The Morgan fingerprint density at radius 1 is 1.25 bits per heavy atom. The molecule has 0 atom stereocenters. The largest absolute Gasteiger partial charge is 0.374 e. The van der Waals surface area contributed by atoms with Crippen LogP contribution in [0.2, 0.25) is 0 Å². The molecule has 0 radical (unpaired) electrons. The molecule has 20 heavy (non-hydrogen) atoms. The van der Waals surface area contributed by atoms with Crippen LogP contribution in [0.4, 0.5) is 11.6 Å². The summed E-state index contributed by atoms with van der Waals surface area (Å²) in [5.41, 5.74) is 1.82. The molecule has 1 aromatic carbocycles. The molecular weight excluding hydrogens is 250 g/mol. The van der Waals surface area contributed by atoms with Crippen LogP contribution in [0.15, 0.2) is 36.5 Å². The molecule has 1 aromatic heterocycles. The van der Waals surface area contributed by atoms with Gasteiger partial charge < -0.3 is 14.6 Å². The first-order valence-corrected chi connectivity index (χ1v) is 7.00. The predicted molar refractivity (Wildman–Crippen MR) is 82.4 cm³/mol. The fraction of sp³-hybridized carbons (Fsp3) is 0.438. The second-order valence-electron chi connectivity index (χ2n) is 5.52. The van der Waals surface area contributed by atoms with E-state index in [9.17, 15) is 0 Å². The Bertz CT molecular complexity index is 546. The normalized spacial score (nSPS) is 11.6. The molecule has 0 aliphatic carbocycles. The number of ether oxygens (including phenoxy) is 1. The van der Waals surface area contributed by atoms with E-state index in [0.29, 0.717) is 6.61 Å². The van der Waals surface area contributed by atoms with Crippen LogP contribution < -0.4 is 5.32 Å². The summed E-state index contributed by atoms with van der Waals surface area (Å²) in [4.78, 5) is 4.55. The smallest absolute Gasteiger partial charge is 0.207 e. The van der Waals surface area contributed by atoms with Crippen molar-refractivity contribution in [2.75, 3.05) is 11.9 Å². The van der Waals surface area contributed by atoms with Crippen molar-refractivity contribution in [3.63, 3.8) is 0 Å². The molecule has 4 heteroatoms. The van der Waals surface area contributed by atoms with Gasteiger partial charge in [-0.25, -0.2) is 4.98 Å². The summed E-state index contributed by atoms with van der Waals surface area (Å²) in [5, 5.41) is 3.35. The fourth-order valence-electron chi connectivity index (χ4n) is 2.26. The highest BCUT2D eigenvalue weighted by Crippen LogP contribution is 2.20. The summed E-state index contributed by atoms with van der Waals surface area (Å²) in [7, 11) is 0. The number of imidazole rings is 1. The Balaban J connectivity index is 2.18. The molecule has 0 spiro atoms. The number of aryl methyl sites for hydroxylation is 1. The van der Waals surface area contributed by atoms with E-state index in [4.69, 9.17) is 4.74 Å². The Labute approximate surface area is 120 Å². The molecule has 0 bridgehead atoms. The lowest BCUT2D eigenvalue weighted by Crippen LogP contribution is -2.30. The van der Waals surface area contributed by atoms with Crippen LogP contribution in [0, 0.1) is 6.92 Å². The number of para-hydroxylation sites is 1. The lowest BCUT2D eigenvalue weighted by molar-refractivity contribution is -0.0220. The van der Waals surface area contributed by atoms with Crippen molar-refractivity contribution in [2.45, 2.75) is 39.8 Å². The van der Waals surface area contributed by atoms with E-state index in [1.54, 1.807) is 0 Å². The minimum atomic E-state index is -0.213. The van der Waals surface area contributed by atoms with Crippen LogP contribution in [0.5, 0.6) is 0 Å². The maximum atomic E-state index is 5.77. The molecule has 2 aromatic rings. The molecule has 0 unspecified atom stereocenters. The predicted octanol–water partition coefficient (Wildman–Crippen LogP) is 3.75. The third-order valence-electron chi connectivity index (χ3n) is 3.01. The Morgan fingerprint density at radius 2 is 1.95 bits per heavy atom. The molecular formula is C16H23N3O. The van der Waals surface area contributed by atoms with Gasteiger partial charge in [0.05, 0.1) is 17.8 Å². The molecule has 0 amide bonds. The number of benzene rings is 1. The molecule has 0 aliphatic rings. The minimum absolute atomic E-state index is 0.213. The molecule has 1 N–H and O–H groups in total. The number of aromatic nitrogens is 2. The van der Waals surface area contributed by atoms with Crippen molar-refractivity contribution >= 4 is 11.6 Å². The Hall–Kier alpha value is -1.81. The highest BCUT2D eigenvalue weighted by molar-refractivity contribution is 5.53. The summed E-state index contributed by atoms with van der Waals surface area (Å²) in [5.74, 6) is 0.849. The van der Waals surface area contributed by atoms with Gasteiger partial charge in [-0.05, 0) is 39.8 Å². The average Bonchev–Trinajstić information content (AvgIpc) is 2.69. The highest BCUT2D eigenvalue weighted by atomic mass is 16.5. The maximum absolute atomic E-state index is 5.77. The monoisotopic (exact) mass is 273 g/mol. The van der Waals surface area contributed by atoms with Crippen LogP contribution in [-0.4, -0.2) is 21.8 Å². The number of rotatable bonds is 6. The lowest BCUT2D eigenvalue weighted by Gasteiger charge is -2.26. The summed E-state index contributed by atoms with van der Waals surface area (Å²) in [6, 6.07) is 10.1. The van der Waals surface area contributed by atoms with Crippen molar-refractivity contribution in [3.05, 3.63) is 42.2 Å². The van der Waals surface area contributed by atoms with Gasteiger partial charge in [-0.3, -0.25) is 0 Å². The molecule has 0 aliphatic heterocycles. The fourth-order valence-corrected chi connectivity index (χ4v) is 2.26. The first-order valence-electron chi connectivity index (χ1n) is 7.00. The van der Waals surface area contributed by atoms with Gasteiger partial charge in [0.1, 0.15) is 0 Å². The minimum Gasteiger partial charge on any atom is -0.374 e. The zero-order valence-corrected chi connectivity index (χ0v) is 12.7. The summed E-state index contributed by atoms with van der Waals surface area (Å²) < 4.78 is 7.88. The zero-order valence-electron chi connectivity index (χ0n) is 12.7. The van der Waals surface area contributed by atoms with Gasteiger partial charge in [0.2, 0.25) is 5.95 Å². The number of nitrogens with one attached hydrogen (secondary N) is 1. The number of nitrogens with zero attached hydrogens (tertiary/aromatic N) is 2. The second kappa shape index (κ2) is 6.09. The third-order valence-corrected chi connectivity index (χ3v) is 3.01. The van der Waals surface area contributed by atoms with E-state index in [0.717, 1.165) is 23.9 Å². The molecule has 2 rings (SSSR count). The number of anilines is 2. The van der Waals surface area contributed by atoms with E-state index in [-0.39, 0.29) is 5.60 Å². The lowest BCUT2D eigenvalue weighted by atomic mass is 10.1. The van der Waals surface area contributed by atoms with E-state index >= 15 is 0 Å². The van der Waals surface area contributed by atoms with Crippen LogP contribution in [0.25, 0.3) is 0 Å². The van der Waals surface area contributed by atoms with Gasteiger partial charge in [-0.1, -0.05) is 18.2 Å². The van der Waals surface area contributed by atoms with Crippen molar-refractivity contribution in [2.24, 2.45) is 0 Å². The SMILES string of the molecule is CCOC(C)(C)Cn1cc(C)nc1Nc1ccccc1. The first-order chi connectivity index (χ1) is 9.50. The summed E-state index contributed by atoms with van der Waals surface area (Å²) in [6.45, 7) is 9.68. The van der Waals surface area contributed by atoms with Crippen molar-refractivity contribution in [3.8, 4) is 0 Å². The third kappa shape index (κ3) is 3.84.